The number of hydrogen-bond donors (Lipinski definition) is 0. The fraction of sp³-hybridized carbons (Fsp3) is 0.692. The Morgan fingerprint density at radius 1 is 0.359 bits per heavy atom. The van der Waals surface area contributed by atoms with Gasteiger partial charge in [-0.3, -0.25) is 0 Å². The summed E-state index contributed by atoms with van der Waals surface area (Å²) in [5.74, 6) is 0.518. The van der Waals surface area contributed by atoms with Crippen LogP contribution in [0.15, 0.2) is 24.3 Å². The maximum Gasteiger partial charge on any atom is 0.00923 e. The lowest BCUT2D eigenvalue weighted by atomic mass is 9.78. The predicted molar refractivity (Wildman–Crippen MR) is 177 cm³/mol. The van der Waals surface area contributed by atoms with Crippen LogP contribution < -0.4 is 0 Å². The Morgan fingerprint density at radius 2 is 0.615 bits per heavy atom. The van der Waals surface area contributed by atoms with Gasteiger partial charge in [0, 0.05) is 5.92 Å². The minimum absolute atomic E-state index is 0.518. The van der Waals surface area contributed by atoms with Crippen LogP contribution in [0.1, 0.15) is 182 Å². The Bertz CT molecular complexity index is 858. The van der Waals surface area contributed by atoms with E-state index in [0.29, 0.717) is 5.92 Å². The van der Waals surface area contributed by atoms with Crippen LogP contribution >= 0.6 is 0 Å². The molecule has 0 atom stereocenters. The van der Waals surface area contributed by atoms with Crippen molar-refractivity contribution in [2.75, 3.05) is 0 Å². The average molecular weight is 533 g/mol. The molecule has 0 aliphatic carbocycles. The van der Waals surface area contributed by atoms with Gasteiger partial charge >= 0.3 is 0 Å². The Labute approximate surface area is 244 Å². The molecule has 0 aliphatic rings. The van der Waals surface area contributed by atoms with Gasteiger partial charge in [-0.05, 0) is 128 Å². The summed E-state index contributed by atoms with van der Waals surface area (Å²) in [5.41, 5.74) is 13.2. The van der Waals surface area contributed by atoms with Crippen molar-refractivity contribution in [2.45, 2.75) is 176 Å². The summed E-state index contributed by atoms with van der Waals surface area (Å²) in [5, 5.41) is 0. The first kappa shape index (κ1) is 33.6. The van der Waals surface area contributed by atoms with Gasteiger partial charge in [0.25, 0.3) is 0 Å². The molecule has 2 aromatic rings. The maximum absolute atomic E-state index is 2.71. The largest absolute Gasteiger partial charge is 0.0654 e. The van der Waals surface area contributed by atoms with Gasteiger partial charge in [-0.15, -0.1) is 0 Å². The molecule has 39 heavy (non-hydrogen) atoms. The highest BCUT2D eigenvalue weighted by Crippen LogP contribution is 2.38. The van der Waals surface area contributed by atoms with E-state index in [1.165, 1.54) is 122 Å². The van der Waals surface area contributed by atoms with Crippen LogP contribution in [-0.4, -0.2) is 0 Å². The van der Waals surface area contributed by atoms with Crippen molar-refractivity contribution < 1.29 is 0 Å². The van der Waals surface area contributed by atoms with Crippen molar-refractivity contribution in [1.29, 1.82) is 0 Å². The molecule has 0 N–H and O–H groups in total. The summed E-state index contributed by atoms with van der Waals surface area (Å²) in [7, 11) is 0. The Balaban J connectivity index is 2.73. The van der Waals surface area contributed by atoms with Crippen LogP contribution in [0, 0.1) is 0 Å². The van der Waals surface area contributed by atoms with Crippen LogP contribution in [0.4, 0.5) is 0 Å². The van der Waals surface area contributed by atoms with Crippen molar-refractivity contribution in [1.82, 2.24) is 0 Å². The first-order valence-electron chi connectivity index (χ1n) is 17.4. The number of hydrogen-bond acceptors (Lipinski definition) is 0. The van der Waals surface area contributed by atoms with Gasteiger partial charge in [0.1, 0.15) is 0 Å². The smallest absolute Gasteiger partial charge is 0.00923 e. The summed E-state index contributed by atoms with van der Waals surface area (Å²) in [6.45, 7) is 16.5. The molecule has 0 aromatic heterocycles. The van der Waals surface area contributed by atoms with Crippen LogP contribution in [0.3, 0.4) is 0 Å². The Morgan fingerprint density at radius 3 is 0.872 bits per heavy atom. The first-order valence-corrected chi connectivity index (χ1v) is 17.4. The van der Waals surface area contributed by atoms with Gasteiger partial charge in [-0.2, -0.15) is 0 Å². The second-order valence-corrected chi connectivity index (χ2v) is 12.2. The van der Waals surface area contributed by atoms with E-state index in [2.05, 4.69) is 72.7 Å². The predicted octanol–water partition coefficient (Wildman–Crippen LogP) is 12.3. The van der Waals surface area contributed by atoms with Gasteiger partial charge in [-0.1, -0.05) is 111 Å². The fourth-order valence-corrected chi connectivity index (χ4v) is 6.34. The molecule has 0 amide bonds. The SMILES string of the molecule is CCCCc1cc(CCCC)c(C(CC)c2cc(CCCC)c(CCCC)cc2CCCC)cc1CCCC. The lowest BCUT2D eigenvalue weighted by Gasteiger charge is -2.27. The molecule has 220 valence electrons. The van der Waals surface area contributed by atoms with Crippen molar-refractivity contribution in [3.05, 3.63) is 68.8 Å². The lowest BCUT2D eigenvalue weighted by Crippen LogP contribution is -2.12. The summed E-state index contributed by atoms with van der Waals surface area (Å²) in [6, 6.07) is 10.8. The topological polar surface area (TPSA) is 0 Å². The first-order chi connectivity index (χ1) is 19.1. The van der Waals surface area contributed by atoms with E-state index in [1.54, 1.807) is 44.5 Å². The minimum Gasteiger partial charge on any atom is -0.0654 e. The van der Waals surface area contributed by atoms with Crippen molar-refractivity contribution in [2.24, 2.45) is 0 Å². The number of benzene rings is 2. The van der Waals surface area contributed by atoms with Crippen LogP contribution in [0.5, 0.6) is 0 Å². The van der Waals surface area contributed by atoms with Crippen LogP contribution in [0.2, 0.25) is 0 Å². The molecule has 0 fully saturated rings. The number of unbranched alkanes of at least 4 members (excludes halogenated alkanes) is 6. The summed E-state index contributed by atoms with van der Waals surface area (Å²) in [6.07, 6.45) is 24.1. The van der Waals surface area contributed by atoms with Crippen molar-refractivity contribution in [3.8, 4) is 0 Å². The zero-order chi connectivity index (χ0) is 28.5. The molecule has 2 rings (SSSR count). The molecular formula is C39H64. The molecule has 0 bridgehead atoms. The Hall–Kier alpha value is -1.56. The van der Waals surface area contributed by atoms with Gasteiger partial charge in [0.2, 0.25) is 0 Å². The third-order valence-electron chi connectivity index (χ3n) is 8.88. The monoisotopic (exact) mass is 533 g/mol. The molecule has 0 saturated heterocycles. The third kappa shape index (κ3) is 10.4. The van der Waals surface area contributed by atoms with E-state index < -0.39 is 0 Å². The number of rotatable bonds is 21. The second-order valence-electron chi connectivity index (χ2n) is 12.2. The Kier molecular flexibility index (Phi) is 16.8. The van der Waals surface area contributed by atoms with Gasteiger partial charge in [0.05, 0.1) is 0 Å². The highest BCUT2D eigenvalue weighted by atomic mass is 14.3. The highest BCUT2D eigenvalue weighted by molar-refractivity contribution is 5.49. The highest BCUT2D eigenvalue weighted by Gasteiger charge is 2.22. The molecule has 0 heteroatoms. The lowest BCUT2D eigenvalue weighted by molar-refractivity contribution is 0.701. The van der Waals surface area contributed by atoms with E-state index in [0.717, 1.165) is 0 Å². The second kappa shape index (κ2) is 19.5. The molecule has 2 aromatic carbocycles. The third-order valence-corrected chi connectivity index (χ3v) is 8.88. The minimum atomic E-state index is 0.518. The van der Waals surface area contributed by atoms with Crippen molar-refractivity contribution >= 4 is 0 Å². The summed E-state index contributed by atoms with van der Waals surface area (Å²) < 4.78 is 0. The molecule has 0 radical (unpaired) electrons. The average Bonchev–Trinajstić information content (AvgIpc) is 2.96. The normalized spacial score (nSPS) is 11.6. The molecule has 0 spiro atoms. The number of aryl methyl sites for hydroxylation is 6. The molecule has 0 unspecified atom stereocenters. The van der Waals surface area contributed by atoms with Gasteiger partial charge in [-0.25, -0.2) is 0 Å². The zero-order valence-electron chi connectivity index (χ0n) is 27.3. The molecule has 0 nitrogen and oxygen atoms in total. The van der Waals surface area contributed by atoms with E-state index in [-0.39, 0.29) is 0 Å². The van der Waals surface area contributed by atoms with E-state index >= 15 is 0 Å². The molecular weight excluding hydrogens is 468 g/mol. The van der Waals surface area contributed by atoms with E-state index in [4.69, 9.17) is 0 Å². The van der Waals surface area contributed by atoms with Gasteiger partial charge < -0.3 is 0 Å². The fourth-order valence-electron chi connectivity index (χ4n) is 6.34. The quantitative estimate of drug-likeness (QED) is 0.150. The van der Waals surface area contributed by atoms with Gasteiger partial charge in [0.15, 0.2) is 0 Å². The summed E-state index contributed by atoms with van der Waals surface area (Å²) >= 11 is 0. The standard InChI is InChI=1S/C39H64/c1-8-15-21-31-27-35(25-19-12-5)38(29-33(31)23-17-10-3)37(14-7)39-30-34(24-18-11-4)32(22-16-9-2)28-36(39)26-20-13-6/h27-30,37H,8-26H2,1-7H3. The van der Waals surface area contributed by atoms with E-state index in [9.17, 15) is 0 Å². The van der Waals surface area contributed by atoms with E-state index in [1.807, 2.05) is 0 Å². The molecule has 0 heterocycles. The van der Waals surface area contributed by atoms with Crippen LogP contribution in [0.25, 0.3) is 0 Å². The van der Waals surface area contributed by atoms with Crippen molar-refractivity contribution in [3.63, 3.8) is 0 Å². The maximum atomic E-state index is 2.71. The zero-order valence-corrected chi connectivity index (χ0v) is 27.3. The summed E-state index contributed by atoms with van der Waals surface area (Å²) in [4.78, 5) is 0. The molecule has 0 aliphatic heterocycles. The molecule has 0 saturated carbocycles. The van der Waals surface area contributed by atoms with Crippen LogP contribution in [-0.2, 0) is 38.5 Å².